The van der Waals surface area contributed by atoms with Gasteiger partial charge in [-0.2, -0.15) is 0 Å². The van der Waals surface area contributed by atoms with E-state index in [-0.39, 0.29) is 0 Å². The number of hydrogen-bond donors (Lipinski definition) is 0. The van der Waals surface area contributed by atoms with Gasteiger partial charge in [0, 0.05) is 34.6 Å². The molecule has 0 aromatic rings. The van der Waals surface area contributed by atoms with Crippen molar-refractivity contribution in [1.82, 2.24) is 0 Å². The summed E-state index contributed by atoms with van der Waals surface area (Å²) >= 11 is 0. The lowest BCUT2D eigenvalue weighted by Crippen LogP contribution is -2.57. The lowest BCUT2D eigenvalue weighted by Gasteiger charge is -2.35. The summed E-state index contributed by atoms with van der Waals surface area (Å²) in [7, 11) is 0. The van der Waals surface area contributed by atoms with E-state index in [1.807, 2.05) is 0 Å². The summed E-state index contributed by atoms with van der Waals surface area (Å²) in [6, 6.07) is 0. The summed E-state index contributed by atoms with van der Waals surface area (Å²) < 4.78 is 24.1. The maximum atomic E-state index is 11.5. The molecule has 0 radical (unpaired) electrons. The number of hydrogen-bond acceptors (Lipinski definition) is 12. The average molecular weight is 405 g/mol. The van der Waals surface area contributed by atoms with Crippen LogP contribution in [0.2, 0.25) is 0 Å². The molecule has 0 aliphatic heterocycles. The molecular formula is C16H21O12-. The molecule has 0 spiro atoms. The van der Waals surface area contributed by atoms with Gasteiger partial charge in [-0.25, -0.2) is 0 Å². The fraction of sp³-hybridized carbons (Fsp3) is 0.625. The van der Waals surface area contributed by atoms with Crippen LogP contribution in [0.25, 0.3) is 0 Å². The third-order valence-corrected chi connectivity index (χ3v) is 2.89. The Bertz CT molecular complexity index is 625. The normalized spacial score (nSPS) is 14.5. The van der Waals surface area contributed by atoms with E-state index in [0.717, 1.165) is 34.6 Å². The lowest BCUT2D eigenvalue weighted by atomic mass is 10.0. The van der Waals surface area contributed by atoms with Crippen molar-refractivity contribution < 1.29 is 57.6 Å². The minimum absolute atomic E-state index is 0.676. The van der Waals surface area contributed by atoms with E-state index in [4.69, 9.17) is 18.9 Å². The molecule has 0 aromatic carbocycles. The molecule has 0 unspecified atom stereocenters. The van der Waals surface area contributed by atoms with Crippen LogP contribution in [-0.4, -0.2) is 66.8 Å². The highest BCUT2D eigenvalue weighted by atomic mass is 16.6. The van der Waals surface area contributed by atoms with Gasteiger partial charge in [0.1, 0.15) is 6.61 Å². The molecule has 0 aliphatic rings. The first-order valence-corrected chi connectivity index (χ1v) is 7.88. The van der Waals surface area contributed by atoms with Crippen molar-refractivity contribution in [2.45, 2.75) is 59.0 Å². The third kappa shape index (κ3) is 9.50. The van der Waals surface area contributed by atoms with Crippen LogP contribution in [0.15, 0.2) is 0 Å². The average Bonchev–Trinajstić information content (AvgIpc) is 2.51. The second-order valence-corrected chi connectivity index (χ2v) is 5.45. The molecule has 0 aliphatic carbocycles. The number of carboxylic acids is 1. The van der Waals surface area contributed by atoms with Crippen LogP contribution < -0.4 is 5.11 Å². The number of carbonyl (C=O) groups is 6. The molecule has 0 aromatic heterocycles. The van der Waals surface area contributed by atoms with Crippen molar-refractivity contribution in [1.29, 1.82) is 0 Å². The van der Waals surface area contributed by atoms with Crippen molar-refractivity contribution in [2.24, 2.45) is 0 Å². The Morgan fingerprint density at radius 2 is 1.07 bits per heavy atom. The van der Waals surface area contributed by atoms with Gasteiger partial charge in [-0.1, -0.05) is 0 Å². The highest BCUT2D eigenvalue weighted by Gasteiger charge is 2.44. The molecule has 0 saturated heterocycles. The molecule has 0 saturated carbocycles. The van der Waals surface area contributed by atoms with Crippen LogP contribution in [0.1, 0.15) is 34.6 Å². The van der Waals surface area contributed by atoms with Crippen molar-refractivity contribution in [2.75, 3.05) is 6.61 Å². The largest absolute Gasteiger partial charge is 0.546 e. The van der Waals surface area contributed by atoms with Crippen LogP contribution in [0.4, 0.5) is 0 Å². The summed E-state index contributed by atoms with van der Waals surface area (Å²) in [5.74, 6) is -6.77. The quantitative estimate of drug-likeness (QED) is 0.290. The van der Waals surface area contributed by atoms with E-state index in [1.54, 1.807) is 0 Å². The zero-order valence-corrected chi connectivity index (χ0v) is 15.9. The first-order valence-electron chi connectivity index (χ1n) is 7.88. The Kier molecular flexibility index (Phi) is 10.2. The van der Waals surface area contributed by atoms with Crippen LogP contribution >= 0.6 is 0 Å². The number of esters is 5. The Morgan fingerprint density at radius 1 is 0.643 bits per heavy atom. The first kappa shape index (κ1) is 24.8. The van der Waals surface area contributed by atoms with Crippen molar-refractivity contribution in [3.63, 3.8) is 0 Å². The molecule has 0 bridgehead atoms. The van der Waals surface area contributed by atoms with Crippen molar-refractivity contribution in [3.8, 4) is 0 Å². The molecule has 12 heteroatoms. The SMILES string of the molecule is CC(=O)OC[C@@H](OC(C)=O)[C@@H](OC(C)=O)[C@H](OC(C)=O)[C@@H](OC(C)=O)C(=O)[O-]. The molecule has 0 fully saturated rings. The summed E-state index contributed by atoms with van der Waals surface area (Å²) in [5, 5.41) is 11.4. The Balaban J connectivity index is 6.18. The lowest BCUT2D eigenvalue weighted by molar-refractivity contribution is -0.321. The van der Waals surface area contributed by atoms with E-state index in [9.17, 15) is 33.9 Å². The Labute approximate surface area is 160 Å². The fourth-order valence-electron chi connectivity index (χ4n) is 2.08. The number of carbonyl (C=O) groups excluding carboxylic acids is 6. The van der Waals surface area contributed by atoms with E-state index >= 15 is 0 Å². The number of ether oxygens (including phenoxy) is 5. The molecule has 0 N–H and O–H groups in total. The van der Waals surface area contributed by atoms with Crippen LogP contribution in [0.3, 0.4) is 0 Å². The zero-order valence-electron chi connectivity index (χ0n) is 15.9. The monoisotopic (exact) mass is 405 g/mol. The van der Waals surface area contributed by atoms with Gasteiger partial charge in [-0.3, -0.25) is 24.0 Å². The number of rotatable bonds is 10. The van der Waals surface area contributed by atoms with Gasteiger partial charge in [0.25, 0.3) is 0 Å². The van der Waals surface area contributed by atoms with E-state index in [2.05, 4.69) is 4.74 Å². The maximum Gasteiger partial charge on any atom is 0.303 e. The minimum atomic E-state index is -2.22. The van der Waals surface area contributed by atoms with Gasteiger partial charge in [0.05, 0.1) is 5.97 Å². The zero-order chi connectivity index (χ0) is 22.0. The first-order chi connectivity index (χ1) is 12.8. The summed E-state index contributed by atoms with van der Waals surface area (Å²) in [5.41, 5.74) is 0. The molecule has 4 atom stereocenters. The fourth-order valence-corrected chi connectivity index (χ4v) is 2.08. The van der Waals surface area contributed by atoms with Gasteiger partial charge < -0.3 is 33.6 Å². The Hall–Kier alpha value is -3.18. The predicted molar refractivity (Wildman–Crippen MR) is 83.9 cm³/mol. The van der Waals surface area contributed by atoms with Gasteiger partial charge in [0.15, 0.2) is 24.4 Å². The van der Waals surface area contributed by atoms with E-state index < -0.39 is 66.8 Å². The second-order valence-electron chi connectivity index (χ2n) is 5.45. The second kappa shape index (κ2) is 11.5. The van der Waals surface area contributed by atoms with Gasteiger partial charge >= 0.3 is 29.8 Å². The van der Waals surface area contributed by atoms with Crippen LogP contribution in [0.5, 0.6) is 0 Å². The molecule has 0 amide bonds. The van der Waals surface area contributed by atoms with Gasteiger partial charge in [0.2, 0.25) is 0 Å². The summed E-state index contributed by atoms with van der Waals surface area (Å²) in [6.07, 6.45) is -7.60. The topological polar surface area (TPSA) is 172 Å². The summed E-state index contributed by atoms with van der Waals surface area (Å²) in [4.78, 5) is 68.1. The highest BCUT2D eigenvalue weighted by Crippen LogP contribution is 2.20. The van der Waals surface area contributed by atoms with Crippen LogP contribution in [-0.2, 0) is 52.5 Å². The van der Waals surface area contributed by atoms with Crippen molar-refractivity contribution >= 4 is 35.8 Å². The molecular weight excluding hydrogens is 384 g/mol. The standard InChI is InChI=1S/C16H22O12/c1-7(17)24-6-12(25-8(2)18)13(26-9(3)19)14(27-10(4)20)15(16(22)23)28-11(5)21/h12-15H,6H2,1-5H3,(H,22,23)/p-1/t12-,13-,14+,15-/m1/s1. The Morgan fingerprint density at radius 3 is 1.43 bits per heavy atom. The molecule has 0 heterocycles. The van der Waals surface area contributed by atoms with Crippen molar-refractivity contribution in [3.05, 3.63) is 0 Å². The van der Waals surface area contributed by atoms with Gasteiger partial charge in [-0.15, -0.1) is 0 Å². The van der Waals surface area contributed by atoms with E-state index in [1.165, 1.54) is 0 Å². The molecule has 0 rings (SSSR count). The molecule has 12 nitrogen and oxygen atoms in total. The third-order valence-electron chi connectivity index (χ3n) is 2.89. The molecule has 28 heavy (non-hydrogen) atoms. The van der Waals surface area contributed by atoms with E-state index in [0.29, 0.717) is 0 Å². The minimum Gasteiger partial charge on any atom is -0.546 e. The summed E-state index contributed by atoms with van der Waals surface area (Å²) in [6.45, 7) is 4.07. The van der Waals surface area contributed by atoms with Gasteiger partial charge in [-0.05, 0) is 0 Å². The number of aliphatic carboxylic acids is 1. The smallest absolute Gasteiger partial charge is 0.303 e. The maximum absolute atomic E-state index is 11.5. The van der Waals surface area contributed by atoms with Crippen LogP contribution in [0, 0.1) is 0 Å². The number of carboxylic acid groups (broad SMARTS) is 1. The highest BCUT2D eigenvalue weighted by molar-refractivity contribution is 5.77. The molecule has 158 valence electrons. The predicted octanol–water partition coefficient (Wildman–Crippen LogP) is -1.97.